The second-order valence-electron chi connectivity index (χ2n) is 9.49. The van der Waals surface area contributed by atoms with Crippen molar-refractivity contribution in [1.29, 1.82) is 0 Å². The maximum absolute atomic E-state index is 12.0. The van der Waals surface area contributed by atoms with E-state index in [1.54, 1.807) is 23.1 Å². The summed E-state index contributed by atoms with van der Waals surface area (Å²) in [5, 5.41) is 9.01. The highest BCUT2D eigenvalue weighted by molar-refractivity contribution is 6.41. The molecule has 0 saturated carbocycles. The highest BCUT2D eigenvalue weighted by atomic mass is 35.5. The first-order valence-electron chi connectivity index (χ1n) is 12.5. The molecule has 3 aromatic heterocycles. The van der Waals surface area contributed by atoms with Crippen molar-refractivity contribution in [2.75, 3.05) is 32.8 Å². The molecule has 0 radical (unpaired) electrons. The van der Waals surface area contributed by atoms with Gasteiger partial charge in [-0.3, -0.25) is 14.5 Å². The van der Waals surface area contributed by atoms with Crippen molar-refractivity contribution in [3.8, 4) is 22.8 Å². The van der Waals surface area contributed by atoms with Crippen LogP contribution < -0.4 is 14.8 Å². The number of carbonyl (C=O) groups excluding carboxylic acids is 1. The van der Waals surface area contributed by atoms with Crippen LogP contribution in [0.15, 0.2) is 43.4 Å². The van der Waals surface area contributed by atoms with Crippen molar-refractivity contribution in [3.05, 3.63) is 64.7 Å². The van der Waals surface area contributed by atoms with Crippen LogP contribution in [-0.4, -0.2) is 64.0 Å². The van der Waals surface area contributed by atoms with Gasteiger partial charge < -0.3 is 19.5 Å². The molecule has 1 fully saturated rings. The number of carbonyl (C=O) groups is 1. The van der Waals surface area contributed by atoms with Gasteiger partial charge in [0.25, 0.3) is 0 Å². The van der Waals surface area contributed by atoms with Crippen LogP contribution in [0, 0.1) is 5.92 Å². The summed E-state index contributed by atoms with van der Waals surface area (Å²) >= 11 is 13.4. The van der Waals surface area contributed by atoms with Crippen LogP contribution in [0.1, 0.15) is 17.7 Å². The summed E-state index contributed by atoms with van der Waals surface area (Å²) in [6, 6.07) is 3.36. The number of benzene rings is 1. The average Bonchev–Trinajstić information content (AvgIpc) is 3.56. The molecular formula is C28H28Cl2N6O4. The molecule has 1 aliphatic rings. The molecule has 12 heteroatoms. The Balaban J connectivity index is 1.60. The Morgan fingerprint density at radius 2 is 1.93 bits per heavy atom. The number of methoxy groups -OCH3 is 2. The summed E-state index contributed by atoms with van der Waals surface area (Å²) in [4.78, 5) is 26.3. The number of aryl methyl sites for hydroxylation is 1. The van der Waals surface area contributed by atoms with Crippen molar-refractivity contribution in [2.45, 2.75) is 18.9 Å². The molecule has 0 bridgehead atoms. The monoisotopic (exact) mass is 582 g/mol. The summed E-state index contributed by atoms with van der Waals surface area (Å²) in [6.07, 6.45) is 7.57. The standard InChI is InChI=1S/C28H28Cl2N6O4/c1-5-18(37)7-17-13-40-14-21(17)34-28-31-11-16-8-19(24-25(29)22(38-3)9-23(39-4)26(24)30)33-20(27(16)35-28)6-15-10-32-36(2)12-15/h5,8-12,17,21H,1,6-7,13-14H2,2-4H3,(H,31,34,35)/t17-,21+/m0/s1. The minimum absolute atomic E-state index is 0.00696. The number of rotatable bonds is 10. The normalized spacial score (nSPS) is 16.7. The number of nitrogens with zero attached hydrogens (tertiary/aromatic N) is 5. The number of ether oxygens (including phenoxy) is 3. The number of nitrogens with one attached hydrogen (secondary N) is 1. The summed E-state index contributed by atoms with van der Waals surface area (Å²) in [5.74, 6) is 1.21. The van der Waals surface area contributed by atoms with E-state index in [4.69, 9.17) is 47.4 Å². The molecular weight excluding hydrogens is 555 g/mol. The first-order valence-corrected chi connectivity index (χ1v) is 13.3. The van der Waals surface area contributed by atoms with E-state index in [1.807, 2.05) is 19.3 Å². The molecule has 40 heavy (non-hydrogen) atoms. The summed E-state index contributed by atoms with van der Waals surface area (Å²) in [5.41, 5.74) is 3.30. The zero-order chi connectivity index (χ0) is 28.4. The van der Waals surface area contributed by atoms with Crippen molar-refractivity contribution in [2.24, 2.45) is 13.0 Å². The average molecular weight is 583 g/mol. The van der Waals surface area contributed by atoms with Gasteiger partial charge in [0.05, 0.1) is 66.6 Å². The molecule has 2 atom stereocenters. The van der Waals surface area contributed by atoms with Crippen LogP contribution in [-0.2, 0) is 23.0 Å². The quantitative estimate of drug-likeness (QED) is 0.260. The molecule has 0 unspecified atom stereocenters. The fourth-order valence-corrected chi connectivity index (χ4v) is 5.45. The van der Waals surface area contributed by atoms with Crippen molar-refractivity contribution < 1.29 is 19.0 Å². The van der Waals surface area contributed by atoms with Gasteiger partial charge >= 0.3 is 0 Å². The number of aromatic nitrogens is 5. The highest BCUT2D eigenvalue weighted by Crippen LogP contribution is 2.46. The van der Waals surface area contributed by atoms with Gasteiger partial charge in [0.1, 0.15) is 11.5 Å². The summed E-state index contributed by atoms with van der Waals surface area (Å²) in [7, 11) is 4.90. The van der Waals surface area contributed by atoms with Gasteiger partial charge in [0, 0.05) is 55.2 Å². The van der Waals surface area contributed by atoms with E-state index in [1.165, 1.54) is 20.3 Å². The molecule has 0 spiro atoms. The number of hydrogen-bond acceptors (Lipinski definition) is 9. The molecule has 5 rings (SSSR count). The van der Waals surface area contributed by atoms with Crippen LogP contribution in [0.3, 0.4) is 0 Å². The van der Waals surface area contributed by atoms with Crippen molar-refractivity contribution in [3.63, 3.8) is 0 Å². The summed E-state index contributed by atoms with van der Waals surface area (Å²) < 4.78 is 18.3. The lowest BCUT2D eigenvalue weighted by atomic mass is 9.97. The van der Waals surface area contributed by atoms with Gasteiger partial charge in [-0.2, -0.15) is 5.10 Å². The number of allylic oxidation sites excluding steroid dienone is 1. The van der Waals surface area contributed by atoms with Crippen LogP contribution >= 0.6 is 23.2 Å². The van der Waals surface area contributed by atoms with E-state index < -0.39 is 0 Å². The van der Waals surface area contributed by atoms with Gasteiger partial charge in [0.2, 0.25) is 5.95 Å². The van der Waals surface area contributed by atoms with E-state index in [-0.39, 0.29) is 17.7 Å². The van der Waals surface area contributed by atoms with Gasteiger partial charge in [-0.1, -0.05) is 29.8 Å². The van der Waals surface area contributed by atoms with Crippen LogP contribution in [0.2, 0.25) is 10.0 Å². The minimum atomic E-state index is -0.114. The fourth-order valence-electron chi connectivity index (χ4n) is 4.76. The van der Waals surface area contributed by atoms with Crippen LogP contribution in [0.25, 0.3) is 22.2 Å². The van der Waals surface area contributed by atoms with E-state index >= 15 is 0 Å². The van der Waals surface area contributed by atoms with Gasteiger partial charge in [0.15, 0.2) is 5.78 Å². The maximum atomic E-state index is 12.0. The predicted molar refractivity (Wildman–Crippen MR) is 153 cm³/mol. The molecule has 1 aliphatic heterocycles. The largest absolute Gasteiger partial charge is 0.495 e. The maximum Gasteiger partial charge on any atom is 0.223 e. The Labute approximate surface area is 241 Å². The second-order valence-corrected chi connectivity index (χ2v) is 10.2. The molecule has 0 amide bonds. The third-order valence-electron chi connectivity index (χ3n) is 6.80. The molecule has 1 N–H and O–H groups in total. The molecule has 4 heterocycles. The zero-order valence-electron chi connectivity index (χ0n) is 22.3. The Morgan fingerprint density at radius 3 is 2.58 bits per heavy atom. The summed E-state index contributed by atoms with van der Waals surface area (Å²) in [6.45, 7) is 4.50. The van der Waals surface area contributed by atoms with Gasteiger partial charge in [-0.05, 0) is 17.7 Å². The molecule has 1 aromatic carbocycles. The third-order valence-corrected chi connectivity index (χ3v) is 7.55. The lowest BCUT2D eigenvalue weighted by Crippen LogP contribution is -2.30. The van der Waals surface area contributed by atoms with Gasteiger partial charge in [-0.15, -0.1) is 0 Å². The fraction of sp³-hybridized carbons (Fsp3) is 0.321. The van der Waals surface area contributed by atoms with Gasteiger partial charge in [-0.25, -0.2) is 9.97 Å². The Kier molecular flexibility index (Phi) is 8.20. The first-order chi connectivity index (χ1) is 19.3. The number of ketones is 1. The van der Waals surface area contributed by atoms with E-state index in [9.17, 15) is 4.79 Å². The van der Waals surface area contributed by atoms with Crippen LogP contribution in [0.4, 0.5) is 5.95 Å². The van der Waals surface area contributed by atoms with Crippen molar-refractivity contribution >= 4 is 45.8 Å². The van der Waals surface area contributed by atoms with Crippen molar-refractivity contribution in [1.82, 2.24) is 24.7 Å². The molecule has 0 aliphatic carbocycles. The Hall–Kier alpha value is -3.73. The molecule has 208 valence electrons. The second kappa shape index (κ2) is 11.8. The number of halogens is 2. The smallest absolute Gasteiger partial charge is 0.223 e. The Bertz CT molecular complexity index is 1560. The Morgan fingerprint density at radius 1 is 1.18 bits per heavy atom. The SMILES string of the molecule is C=CC(=O)C[C@H]1COC[C@H]1Nc1ncc2cc(-c3c(Cl)c(OC)cc(OC)c3Cl)nc(Cc3cnn(C)c3)c2n1. The first kappa shape index (κ1) is 27.8. The topological polar surface area (TPSA) is 113 Å². The highest BCUT2D eigenvalue weighted by Gasteiger charge is 2.30. The van der Waals surface area contributed by atoms with Crippen LogP contribution in [0.5, 0.6) is 11.5 Å². The molecule has 1 saturated heterocycles. The lowest BCUT2D eigenvalue weighted by molar-refractivity contribution is -0.115. The number of pyridine rings is 1. The number of anilines is 1. The lowest BCUT2D eigenvalue weighted by Gasteiger charge is -2.19. The number of fused-ring (bicyclic) bond motifs is 1. The van der Waals surface area contributed by atoms with E-state index in [2.05, 4.69) is 22.0 Å². The predicted octanol–water partition coefficient (Wildman–Crippen LogP) is 4.91. The third kappa shape index (κ3) is 5.60. The zero-order valence-corrected chi connectivity index (χ0v) is 23.8. The molecule has 10 nitrogen and oxygen atoms in total. The molecule has 4 aromatic rings. The minimum Gasteiger partial charge on any atom is -0.495 e. The number of hydrogen-bond donors (Lipinski definition) is 1. The van der Waals surface area contributed by atoms with E-state index in [0.717, 1.165) is 10.9 Å². The van der Waals surface area contributed by atoms with E-state index in [0.29, 0.717) is 76.0 Å².